The fourth-order valence-corrected chi connectivity index (χ4v) is 1.71. The van der Waals surface area contributed by atoms with E-state index in [1.54, 1.807) is 0 Å². The van der Waals surface area contributed by atoms with Gasteiger partial charge in [0.05, 0.1) is 0 Å². The summed E-state index contributed by atoms with van der Waals surface area (Å²) in [5, 5.41) is 0. The van der Waals surface area contributed by atoms with Crippen molar-refractivity contribution in [1.82, 2.24) is 0 Å². The van der Waals surface area contributed by atoms with Crippen LogP contribution in [0.25, 0.3) is 0 Å². The maximum Gasteiger partial charge on any atom is 0.324 e. The van der Waals surface area contributed by atoms with Crippen molar-refractivity contribution in [2.45, 2.75) is 20.3 Å². The standard InChI is InChI=1S/2C2H5.HO2P.Y/c2*1-2;1-3-2;/h2*1H2,2H3;(H,1,2);. The molecule has 0 aromatic rings. The van der Waals surface area contributed by atoms with Crippen LogP contribution in [0.15, 0.2) is 0 Å². The molecule has 0 unspecified atom stereocenters. The van der Waals surface area contributed by atoms with Gasteiger partial charge in [-0.2, -0.15) is 0 Å². The summed E-state index contributed by atoms with van der Waals surface area (Å²) in [5.41, 5.74) is 0. The van der Waals surface area contributed by atoms with Crippen molar-refractivity contribution in [3.05, 3.63) is 0 Å². The summed E-state index contributed by atoms with van der Waals surface area (Å²) in [6.07, 6.45) is 0. The van der Waals surface area contributed by atoms with Crippen LogP contribution in [0.2, 0.25) is 6.46 Å². The van der Waals surface area contributed by atoms with E-state index in [4.69, 9.17) is 9.46 Å². The molecular formula is C4H11O2PY. The summed E-state index contributed by atoms with van der Waals surface area (Å²) in [7, 11) is -0.833. The zero-order valence-electron chi connectivity index (χ0n) is 5.29. The summed E-state index contributed by atoms with van der Waals surface area (Å²) in [4.78, 5) is 6.99. The van der Waals surface area contributed by atoms with E-state index in [9.17, 15) is 0 Å². The largest absolute Gasteiger partial charge is 0.324 e. The molecule has 47 valence electrons. The molecule has 0 radical (unpaired) electrons. The van der Waals surface area contributed by atoms with Gasteiger partial charge in [0.2, 0.25) is 0 Å². The minimum absolute atomic E-state index is 0.0800. The minimum atomic E-state index is -0.833. The molecule has 0 heterocycles. The molecule has 0 rings (SSSR count). The molecule has 4 heteroatoms. The maximum absolute atomic E-state index is 8.46. The van der Waals surface area contributed by atoms with Gasteiger partial charge in [-0.05, 0) is 0 Å². The smallest absolute Gasteiger partial charge is 0.310 e. The van der Waals surface area contributed by atoms with Gasteiger partial charge < -0.3 is 4.89 Å². The molecular weight excluding hydrogens is 200 g/mol. The van der Waals surface area contributed by atoms with Crippen molar-refractivity contribution < 1.29 is 38.7 Å². The molecule has 0 aliphatic heterocycles. The van der Waals surface area contributed by atoms with Crippen LogP contribution in [-0.2, 0) is 33.8 Å². The third-order valence-electron chi connectivity index (χ3n) is 0.577. The van der Waals surface area contributed by atoms with Crippen molar-refractivity contribution in [3.63, 3.8) is 0 Å². The Labute approximate surface area is 67.3 Å². The number of hydrogen-bond acceptors (Lipinski definition) is 1. The van der Waals surface area contributed by atoms with Crippen LogP contribution in [-0.4, -0.2) is 4.89 Å². The third-order valence-corrected chi connectivity index (χ3v) is 3.42. The Kier molecular flexibility index (Phi) is 23.4. The Bertz CT molecular complexity index is 41.0. The van der Waals surface area contributed by atoms with E-state index in [2.05, 4.69) is 13.8 Å². The molecule has 0 saturated carbocycles. The molecule has 2 nitrogen and oxygen atoms in total. The Morgan fingerprint density at radius 1 is 1.50 bits per heavy atom. The van der Waals surface area contributed by atoms with Gasteiger partial charge in [-0.1, -0.05) is 0 Å². The van der Waals surface area contributed by atoms with Crippen LogP contribution in [0.1, 0.15) is 13.8 Å². The summed E-state index contributed by atoms with van der Waals surface area (Å²) in [6.45, 7) is 4.59. The van der Waals surface area contributed by atoms with Gasteiger partial charge in [0.1, 0.15) is 0 Å². The first-order valence-electron chi connectivity index (χ1n) is 2.61. The second kappa shape index (κ2) is 15.7. The molecule has 0 atom stereocenters. The average Bonchev–Trinajstić information content (AvgIpc) is 1.71. The van der Waals surface area contributed by atoms with E-state index in [0.29, 0.717) is 0 Å². The van der Waals surface area contributed by atoms with Crippen molar-refractivity contribution in [2.24, 2.45) is 0 Å². The summed E-state index contributed by atoms with van der Waals surface area (Å²) in [6, 6.07) is 0. The first-order chi connectivity index (χ1) is 3.83. The molecule has 1 N–H and O–H groups in total. The maximum atomic E-state index is 8.46. The molecule has 0 aliphatic rings. The van der Waals surface area contributed by atoms with Gasteiger partial charge in [-0.15, -0.1) is 0 Å². The zero-order valence-corrected chi connectivity index (χ0v) is 9.03. The van der Waals surface area contributed by atoms with Crippen LogP contribution in [0, 0.1) is 0 Å². The number of rotatable bonds is 2. The fraction of sp³-hybridized carbons (Fsp3) is 1.00. The van der Waals surface area contributed by atoms with Gasteiger partial charge in [0, 0.05) is 0 Å². The zero-order chi connectivity index (χ0) is 6.83. The van der Waals surface area contributed by atoms with Crippen molar-refractivity contribution in [2.75, 3.05) is 0 Å². The minimum Gasteiger partial charge on any atom is -0.310 e. The van der Waals surface area contributed by atoms with Crippen molar-refractivity contribution in [1.29, 1.82) is 0 Å². The fourth-order valence-electron chi connectivity index (χ4n) is 0.289. The molecule has 0 aliphatic carbocycles. The van der Waals surface area contributed by atoms with Crippen LogP contribution in [0.4, 0.5) is 0 Å². The summed E-state index contributed by atoms with van der Waals surface area (Å²) >= 11 is 0.0800. The predicted molar refractivity (Wildman–Crippen MR) is 30.8 cm³/mol. The predicted octanol–water partition coefficient (Wildman–Crippen LogP) is 2.13. The van der Waals surface area contributed by atoms with E-state index in [1.807, 2.05) is 0 Å². The van der Waals surface area contributed by atoms with Gasteiger partial charge in [-0.3, -0.25) is 0 Å². The van der Waals surface area contributed by atoms with Gasteiger partial charge in [0.25, 0.3) is 0 Å². The van der Waals surface area contributed by atoms with Crippen LogP contribution in [0.5, 0.6) is 0 Å². The second-order valence-corrected chi connectivity index (χ2v) is 6.78. The van der Waals surface area contributed by atoms with Crippen molar-refractivity contribution in [3.8, 4) is 0 Å². The van der Waals surface area contributed by atoms with E-state index >= 15 is 0 Å². The topological polar surface area (TPSA) is 37.3 Å². The SMILES string of the molecule is C[CH2][Y][CH2]C.O=PO. The molecule has 0 aromatic heterocycles. The average molecular weight is 211 g/mol. The Hall–Kier alpha value is 1.16. The molecule has 8 heavy (non-hydrogen) atoms. The van der Waals surface area contributed by atoms with Gasteiger partial charge >= 0.3 is 58.2 Å². The Morgan fingerprint density at radius 3 is 1.75 bits per heavy atom. The molecule has 0 spiro atoms. The monoisotopic (exact) mass is 211 g/mol. The van der Waals surface area contributed by atoms with Crippen LogP contribution < -0.4 is 0 Å². The molecule has 0 aromatic carbocycles. The molecule has 0 fully saturated rings. The van der Waals surface area contributed by atoms with Crippen LogP contribution >= 0.6 is 8.69 Å². The Morgan fingerprint density at radius 2 is 1.75 bits per heavy atom. The van der Waals surface area contributed by atoms with Gasteiger partial charge in [0.15, 0.2) is 0 Å². The van der Waals surface area contributed by atoms with Gasteiger partial charge in [-0.25, -0.2) is 4.57 Å². The first-order valence-corrected chi connectivity index (χ1v) is 7.39. The summed E-state index contributed by atoms with van der Waals surface area (Å²) < 4.78 is 11.5. The Balaban J connectivity index is 0. The molecule has 0 saturated heterocycles. The third kappa shape index (κ3) is 27.2. The quantitative estimate of drug-likeness (QED) is 0.710. The first kappa shape index (κ1) is 11.9. The molecule has 0 amide bonds. The van der Waals surface area contributed by atoms with Crippen LogP contribution in [0.3, 0.4) is 0 Å². The van der Waals surface area contributed by atoms with E-state index in [1.165, 1.54) is 6.46 Å². The van der Waals surface area contributed by atoms with Crippen molar-refractivity contribution >= 4 is 8.69 Å². The van der Waals surface area contributed by atoms with E-state index < -0.39 is 8.69 Å². The molecule has 0 bridgehead atoms. The van der Waals surface area contributed by atoms with E-state index in [0.717, 1.165) is 0 Å². The summed E-state index contributed by atoms with van der Waals surface area (Å²) in [5.74, 6) is 0. The van der Waals surface area contributed by atoms with E-state index in [-0.39, 0.29) is 29.2 Å². The number of hydrogen-bond donors (Lipinski definition) is 1. The second-order valence-electron chi connectivity index (χ2n) is 1.19. The normalized spacial score (nSPS) is 6.88.